The van der Waals surface area contributed by atoms with E-state index in [0.717, 1.165) is 38.8 Å². The van der Waals surface area contributed by atoms with Crippen LogP contribution in [0.1, 0.15) is 36.0 Å². The molecule has 130 valence electrons. The van der Waals surface area contributed by atoms with Crippen molar-refractivity contribution >= 4 is 11.7 Å². The molecule has 1 saturated heterocycles. The lowest BCUT2D eigenvalue weighted by Crippen LogP contribution is -2.48. The summed E-state index contributed by atoms with van der Waals surface area (Å²) in [6.45, 7) is 2.56. The summed E-state index contributed by atoms with van der Waals surface area (Å²) >= 11 is 0. The first-order chi connectivity index (χ1) is 11.7. The summed E-state index contributed by atoms with van der Waals surface area (Å²) in [5.41, 5.74) is 0.354. The van der Waals surface area contributed by atoms with Crippen molar-refractivity contribution < 1.29 is 19.1 Å². The second-order valence-corrected chi connectivity index (χ2v) is 6.26. The van der Waals surface area contributed by atoms with E-state index in [4.69, 9.17) is 9.47 Å². The van der Waals surface area contributed by atoms with Gasteiger partial charge in [-0.15, -0.1) is 0 Å². The molecule has 1 heterocycles. The summed E-state index contributed by atoms with van der Waals surface area (Å²) in [5, 5.41) is 3.17. The summed E-state index contributed by atoms with van der Waals surface area (Å²) in [6.07, 6.45) is 4.51. The minimum Gasteiger partial charge on any atom is -0.493 e. The van der Waals surface area contributed by atoms with Crippen molar-refractivity contribution in [2.45, 2.75) is 31.8 Å². The Morgan fingerprint density at radius 3 is 2.50 bits per heavy atom. The predicted octanol–water partition coefficient (Wildman–Crippen LogP) is 1.63. The van der Waals surface area contributed by atoms with Crippen LogP contribution in [0.25, 0.3) is 0 Å². The highest BCUT2D eigenvalue weighted by atomic mass is 16.5. The van der Waals surface area contributed by atoms with E-state index in [1.54, 1.807) is 30.2 Å². The third-order valence-corrected chi connectivity index (χ3v) is 4.62. The van der Waals surface area contributed by atoms with E-state index in [2.05, 4.69) is 5.32 Å². The molecule has 2 aliphatic rings. The zero-order chi connectivity index (χ0) is 16.9. The fraction of sp³-hybridized carbons (Fsp3) is 0.556. The van der Waals surface area contributed by atoms with Gasteiger partial charge in [-0.25, -0.2) is 0 Å². The number of benzene rings is 1. The highest BCUT2D eigenvalue weighted by Crippen LogP contribution is 2.32. The van der Waals surface area contributed by atoms with E-state index in [1.807, 2.05) is 0 Å². The third kappa shape index (κ3) is 3.70. The highest BCUT2D eigenvalue weighted by Gasteiger charge is 2.26. The average molecular weight is 332 g/mol. The molecule has 1 aromatic rings. The second-order valence-electron chi connectivity index (χ2n) is 6.26. The van der Waals surface area contributed by atoms with Crippen LogP contribution in [-0.4, -0.2) is 56.0 Å². The quantitative estimate of drug-likeness (QED) is 0.656. The number of nitrogens with zero attached hydrogens (tertiary/aromatic N) is 1. The molecule has 1 N–H and O–H groups in total. The molecule has 2 fully saturated rings. The van der Waals surface area contributed by atoms with Crippen LogP contribution < -0.4 is 14.8 Å². The number of hydrogen-bond donors (Lipinski definition) is 1. The summed E-state index contributed by atoms with van der Waals surface area (Å²) in [4.78, 5) is 26.5. The van der Waals surface area contributed by atoms with E-state index < -0.39 is 11.7 Å². The van der Waals surface area contributed by atoms with Gasteiger partial charge < -0.3 is 19.7 Å². The monoisotopic (exact) mass is 332 g/mol. The van der Waals surface area contributed by atoms with Crippen LogP contribution in [-0.2, 0) is 4.79 Å². The summed E-state index contributed by atoms with van der Waals surface area (Å²) in [6, 6.07) is 4.96. The lowest BCUT2D eigenvalue weighted by Gasteiger charge is -2.26. The molecule has 1 saturated carbocycles. The van der Waals surface area contributed by atoms with Gasteiger partial charge in [0.2, 0.25) is 0 Å². The molecular weight excluding hydrogens is 308 g/mol. The fourth-order valence-corrected chi connectivity index (χ4v) is 3.23. The van der Waals surface area contributed by atoms with Crippen LogP contribution in [0.2, 0.25) is 0 Å². The molecule has 1 aliphatic carbocycles. The molecule has 6 heteroatoms. The Bertz CT molecular complexity index is 605. The zero-order valence-corrected chi connectivity index (χ0v) is 14.0. The number of ether oxygens (including phenoxy) is 2. The Labute approximate surface area is 142 Å². The molecule has 0 spiro atoms. The van der Waals surface area contributed by atoms with Gasteiger partial charge >= 0.3 is 0 Å². The van der Waals surface area contributed by atoms with Gasteiger partial charge in [0.05, 0.1) is 13.2 Å². The smallest absolute Gasteiger partial charge is 0.295 e. The van der Waals surface area contributed by atoms with Crippen molar-refractivity contribution in [2.24, 2.45) is 0 Å². The van der Waals surface area contributed by atoms with E-state index in [0.29, 0.717) is 30.2 Å². The SMILES string of the molecule is COc1ccc(C(=O)C(=O)N2CCNCC2)cc1OC1CCCC1. The Morgan fingerprint density at radius 2 is 1.83 bits per heavy atom. The van der Waals surface area contributed by atoms with Crippen molar-refractivity contribution in [3.8, 4) is 11.5 Å². The minimum atomic E-state index is -0.490. The molecule has 0 radical (unpaired) electrons. The van der Waals surface area contributed by atoms with Crippen molar-refractivity contribution in [3.05, 3.63) is 23.8 Å². The highest BCUT2D eigenvalue weighted by molar-refractivity contribution is 6.42. The molecule has 0 aromatic heterocycles. The lowest BCUT2D eigenvalue weighted by molar-refractivity contribution is -0.126. The van der Waals surface area contributed by atoms with Gasteiger partial charge in [0.15, 0.2) is 11.5 Å². The van der Waals surface area contributed by atoms with Gasteiger partial charge in [0.25, 0.3) is 11.7 Å². The van der Waals surface area contributed by atoms with E-state index in [-0.39, 0.29) is 6.10 Å². The molecule has 0 bridgehead atoms. The first-order valence-electron chi connectivity index (χ1n) is 8.58. The molecule has 1 aromatic carbocycles. The Balaban J connectivity index is 1.76. The van der Waals surface area contributed by atoms with E-state index >= 15 is 0 Å². The molecule has 0 unspecified atom stereocenters. The predicted molar refractivity (Wildman–Crippen MR) is 89.7 cm³/mol. The first kappa shape index (κ1) is 16.8. The minimum absolute atomic E-state index is 0.160. The van der Waals surface area contributed by atoms with Crippen LogP contribution >= 0.6 is 0 Å². The Hall–Kier alpha value is -2.08. The van der Waals surface area contributed by atoms with Gasteiger partial charge in [-0.3, -0.25) is 9.59 Å². The molecule has 1 amide bonds. The van der Waals surface area contributed by atoms with E-state index in [9.17, 15) is 9.59 Å². The summed E-state index contributed by atoms with van der Waals surface area (Å²) < 4.78 is 11.3. The molecule has 6 nitrogen and oxygen atoms in total. The van der Waals surface area contributed by atoms with Crippen LogP contribution in [0.4, 0.5) is 0 Å². The van der Waals surface area contributed by atoms with Gasteiger partial charge in [-0.1, -0.05) is 0 Å². The van der Waals surface area contributed by atoms with Gasteiger partial charge in [0.1, 0.15) is 0 Å². The van der Waals surface area contributed by atoms with Crippen LogP contribution in [0, 0.1) is 0 Å². The van der Waals surface area contributed by atoms with Crippen molar-refractivity contribution in [2.75, 3.05) is 33.3 Å². The largest absolute Gasteiger partial charge is 0.493 e. The van der Waals surface area contributed by atoms with Gasteiger partial charge in [-0.2, -0.15) is 0 Å². The molecule has 1 aliphatic heterocycles. The van der Waals surface area contributed by atoms with Crippen LogP contribution in [0.15, 0.2) is 18.2 Å². The first-order valence-corrected chi connectivity index (χ1v) is 8.58. The molecule has 0 atom stereocenters. The number of ketones is 1. The number of hydrogen-bond acceptors (Lipinski definition) is 5. The van der Waals surface area contributed by atoms with E-state index in [1.165, 1.54) is 0 Å². The topological polar surface area (TPSA) is 67.9 Å². The number of rotatable bonds is 5. The number of methoxy groups -OCH3 is 1. The van der Waals surface area contributed by atoms with Crippen molar-refractivity contribution in [3.63, 3.8) is 0 Å². The van der Waals surface area contributed by atoms with Gasteiger partial charge in [-0.05, 0) is 43.9 Å². The Kier molecular flexibility index (Phi) is 5.35. The second kappa shape index (κ2) is 7.66. The number of carbonyl (C=O) groups excluding carboxylic acids is 2. The summed E-state index contributed by atoms with van der Waals surface area (Å²) in [7, 11) is 1.57. The van der Waals surface area contributed by atoms with Gasteiger partial charge in [0, 0.05) is 31.7 Å². The zero-order valence-electron chi connectivity index (χ0n) is 14.0. The average Bonchev–Trinajstić information content (AvgIpc) is 3.14. The maximum Gasteiger partial charge on any atom is 0.295 e. The normalized spacial score (nSPS) is 18.5. The number of carbonyl (C=O) groups is 2. The number of Topliss-reactive ketones (excluding diaryl/α,β-unsaturated/α-hetero) is 1. The lowest BCUT2D eigenvalue weighted by atomic mass is 10.1. The maximum absolute atomic E-state index is 12.5. The summed E-state index contributed by atoms with van der Waals surface area (Å²) in [5.74, 6) is 0.195. The number of amides is 1. The van der Waals surface area contributed by atoms with Crippen molar-refractivity contribution in [1.82, 2.24) is 10.2 Å². The number of nitrogens with one attached hydrogen (secondary N) is 1. The van der Waals surface area contributed by atoms with Crippen molar-refractivity contribution in [1.29, 1.82) is 0 Å². The molecule has 3 rings (SSSR count). The van der Waals surface area contributed by atoms with Crippen LogP contribution in [0.5, 0.6) is 11.5 Å². The molecular formula is C18H24N2O4. The molecule has 24 heavy (non-hydrogen) atoms. The van der Waals surface area contributed by atoms with Crippen LogP contribution in [0.3, 0.4) is 0 Å². The third-order valence-electron chi connectivity index (χ3n) is 4.62. The Morgan fingerprint density at radius 1 is 1.12 bits per heavy atom. The number of piperazine rings is 1. The standard InChI is InChI=1S/C18H24N2O4/c1-23-15-7-6-13(12-16(15)24-14-4-2-3-5-14)17(21)18(22)20-10-8-19-9-11-20/h6-7,12,14,19H,2-5,8-11H2,1H3. The fourth-order valence-electron chi connectivity index (χ4n) is 3.23. The maximum atomic E-state index is 12.5.